The maximum Gasteiger partial charge on any atom is 0.352 e. The van der Waals surface area contributed by atoms with Crippen LogP contribution in [0.5, 0.6) is 5.88 Å². The molecule has 5 rings (SSSR count). The molecule has 0 bridgehead atoms. The predicted molar refractivity (Wildman–Crippen MR) is 144 cm³/mol. The highest BCUT2D eigenvalue weighted by Gasteiger charge is 2.54. The largest absolute Gasteiger partial charge is 0.492 e. The molecule has 2 aromatic heterocycles. The Morgan fingerprint density at radius 2 is 2.05 bits per heavy atom. The summed E-state index contributed by atoms with van der Waals surface area (Å²) in [5.41, 5.74) is -0.296. The zero-order valence-electron chi connectivity index (χ0n) is 19.9. The summed E-state index contributed by atoms with van der Waals surface area (Å²) < 4.78 is 3.83. The molecule has 2 aliphatic heterocycles. The maximum atomic E-state index is 13.2. The van der Waals surface area contributed by atoms with E-state index < -0.39 is 41.0 Å². The van der Waals surface area contributed by atoms with Crippen LogP contribution in [0.3, 0.4) is 0 Å². The van der Waals surface area contributed by atoms with Crippen LogP contribution in [0.25, 0.3) is 0 Å². The summed E-state index contributed by atoms with van der Waals surface area (Å²) in [5, 5.41) is 38.8. The molecule has 0 unspecified atom stereocenters. The van der Waals surface area contributed by atoms with E-state index >= 15 is 0 Å². The summed E-state index contributed by atoms with van der Waals surface area (Å²) in [6.45, 7) is 0. The average Bonchev–Trinajstić information content (AvgIpc) is 3.50. The molecule has 1 saturated heterocycles. The Labute approximate surface area is 240 Å². The molecule has 19 heteroatoms. The van der Waals surface area contributed by atoms with E-state index in [-0.39, 0.29) is 49.6 Å². The second-order valence-corrected chi connectivity index (χ2v) is 12.4. The van der Waals surface area contributed by atoms with Gasteiger partial charge in [0.25, 0.3) is 11.8 Å². The van der Waals surface area contributed by atoms with Crippen LogP contribution >= 0.6 is 46.4 Å². The standard InChI is InChI=1S/C21H18N6O9S4/c28-6-22-21-23-9(5-39-21)11(25-36-8-1-2-8)15(30)24-12-16(31)27-13(19(34)35)7(3-37-17(12)27)4-38-20-10(18(32)33)14(29)26-40-20/h5-6,8,12,17H,1-4H2,(H,24,30)(H,26,29)(H,32,33)(H,34,35)(H,22,23,28)/b25-11-/t12-,17-/m1/s1. The molecule has 2 aromatic rings. The Balaban J connectivity index is 1.31. The molecular weight excluding hydrogens is 609 g/mol. The van der Waals surface area contributed by atoms with Gasteiger partial charge in [-0.3, -0.25) is 19.3 Å². The Bertz CT molecular complexity index is 1470. The van der Waals surface area contributed by atoms with Crippen molar-refractivity contribution < 1.29 is 44.1 Å². The number of hydrogen-bond donors (Lipinski definition) is 5. The number of carboxylic acids is 2. The van der Waals surface area contributed by atoms with E-state index in [0.717, 1.165) is 52.4 Å². The summed E-state index contributed by atoms with van der Waals surface area (Å²) >= 11 is 4.07. The van der Waals surface area contributed by atoms with Gasteiger partial charge in [0.2, 0.25) is 12.3 Å². The molecule has 15 nitrogen and oxygen atoms in total. The minimum absolute atomic E-state index is 0.0420. The van der Waals surface area contributed by atoms with Gasteiger partial charge in [-0.1, -0.05) is 5.16 Å². The van der Waals surface area contributed by atoms with Gasteiger partial charge in [0.15, 0.2) is 10.8 Å². The Kier molecular flexibility index (Phi) is 7.97. The third-order valence-corrected chi connectivity index (χ3v) is 10.0. The van der Waals surface area contributed by atoms with Gasteiger partial charge in [0, 0.05) is 16.9 Å². The molecule has 40 heavy (non-hydrogen) atoms. The van der Waals surface area contributed by atoms with E-state index in [4.69, 9.17) is 4.84 Å². The smallest absolute Gasteiger partial charge is 0.352 e. The molecule has 2 atom stereocenters. The van der Waals surface area contributed by atoms with Gasteiger partial charge >= 0.3 is 11.9 Å². The summed E-state index contributed by atoms with van der Waals surface area (Å²) in [4.78, 5) is 71.1. The minimum atomic E-state index is -1.37. The number of thioether (sulfide) groups is 2. The molecule has 0 spiro atoms. The molecule has 2 fully saturated rings. The van der Waals surface area contributed by atoms with Crippen LogP contribution in [0.4, 0.5) is 5.13 Å². The first-order chi connectivity index (χ1) is 19.2. The number of carboxylic acid groups (broad SMARTS) is 2. The molecule has 3 aliphatic rings. The van der Waals surface area contributed by atoms with E-state index in [1.165, 1.54) is 17.1 Å². The lowest BCUT2D eigenvalue weighted by Crippen LogP contribution is -2.71. The molecule has 1 saturated carbocycles. The monoisotopic (exact) mass is 626 g/mol. The van der Waals surface area contributed by atoms with Gasteiger partial charge in [0.05, 0.1) is 4.21 Å². The lowest BCUT2D eigenvalue weighted by molar-refractivity contribution is -0.150. The summed E-state index contributed by atoms with van der Waals surface area (Å²) in [6.07, 6.45) is 1.89. The molecule has 5 N–H and O–H groups in total. The number of amides is 3. The predicted octanol–water partition coefficient (Wildman–Crippen LogP) is 0.986. The van der Waals surface area contributed by atoms with Gasteiger partial charge in [-0.05, 0) is 29.9 Å². The third kappa shape index (κ3) is 5.49. The number of aromatic nitrogens is 2. The number of aliphatic carboxylic acids is 1. The van der Waals surface area contributed by atoms with E-state index in [9.17, 15) is 39.3 Å². The van der Waals surface area contributed by atoms with Crippen LogP contribution in [0, 0.1) is 0 Å². The van der Waals surface area contributed by atoms with Crippen molar-refractivity contribution in [2.45, 2.75) is 34.6 Å². The zero-order valence-corrected chi connectivity index (χ0v) is 23.2. The number of aromatic hydroxyl groups is 1. The van der Waals surface area contributed by atoms with Crippen LogP contribution in [-0.4, -0.2) is 94.5 Å². The second kappa shape index (κ2) is 11.4. The first-order valence-electron chi connectivity index (χ1n) is 11.3. The highest BCUT2D eigenvalue weighted by molar-refractivity contribution is 8.02. The van der Waals surface area contributed by atoms with Crippen molar-refractivity contribution in [3.8, 4) is 5.88 Å². The van der Waals surface area contributed by atoms with Crippen LogP contribution in [-0.2, 0) is 24.0 Å². The lowest BCUT2D eigenvalue weighted by atomic mass is 10.0. The number of aromatic carboxylic acids is 1. The van der Waals surface area contributed by atoms with Crippen molar-refractivity contribution in [1.29, 1.82) is 0 Å². The van der Waals surface area contributed by atoms with Crippen molar-refractivity contribution in [1.82, 2.24) is 19.6 Å². The topological polar surface area (TPSA) is 221 Å². The molecule has 0 radical (unpaired) electrons. The van der Waals surface area contributed by atoms with Gasteiger partial charge in [-0.2, -0.15) is 4.37 Å². The van der Waals surface area contributed by atoms with Gasteiger partial charge in [-0.25, -0.2) is 14.6 Å². The quantitative estimate of drug-likeness (QED) is 0.0730. The summed E-state index contributed by atoms with van der Waals surface area (Å²) in [7, 11) is 0. The van der Waals surface area contributed by atoms with Crippen molar-refractivity contribution in [3.05, 3.63) is 27.9 Å². The number of rotatable bonds is 12. The van der Waals surface area contributed by atoms with Crippen LogP contribution in [0.2, 0.25) is 0 Å². The van der Waals surface area contributed by atoms with E-state index in [2.05, 4.69) is 25.1 Å². The highest BCUT2D eigenvalue weighted by atomic mass is 32.2. The fourth-order valence-electron chi connectivity index (χ4n) is 3.71. The fraction of sp³-hybridized carbons (Fsp3) is 0.333. The summed E-state index contributed by atoms with van der Waals surface area (Å²) in [6, 6.07) is -1.05. The first kappa shape index (κ1) is 27.9. The van der Waals surface area contributed by atoms with Crippen LogP contribution in [0.15, 0.2) is 26.0 Å². The number of thiazole rings is 1. The van der Waals surface area contributed by atoms with Gasteiger partial charge in [-0.15, -0.1) is 34.9 Å². The number of nitrogens with one attached hydrogen (secondary N) is 2. The Morgan fingerprint density at radius 3 is 2.73 bits per heavy atom. The van der Waals surface area contributed by atoms with E-state index in [0.29, 0.717) is 12.0 Å². The number of β-lactam (4-membered cyclic amide) rings is 1. The van der Waals surface area contributed by atoms with Crippen LogP contribution in [0.1, 0.15) is 28.9 Å². The van der Waals surface area contributed by atoms with Gasteiger partial charge in [0.1, 0.15) is 34.5 Å². The van der Waals surface area contributed by atoms with E-state index in [1.807, 2.05) is 0 Å². The van der Waals surface area contributed by atoms with Crippen molar-refractivity contribution >= 4 is 87.4 Å². The van der Waals surface area contributed by atoms with Crippen LogP contribution < -0.4 is 10.6 Å². The van der Waals surface area contributed by atoms with Crippen molar-refractivity contribution in [2.24, 2.45) is 5.16 Å². The Morgan fingerprint density at radius 1 is 1.27 bits per heavy atom. The molecule has 4 heterocycles. The van der Waals surface area contributed by atoms with Gasteiger partial charge < -0.3 is 30.8 Å². The number of carbonyl (C=O) groups is 5. The second-order valence-electron chi connectivity index (χ2n) is 8.43. The number of carbonyl (C=O) groups excluding carboxylic acids is 3. The van der Waals surface area contributed by atoms with Crippen molar-refractivity contribution in [2.75, 3.05) is 16.8 Å². The third-order valence-electron chi connectivity index (χ3n) is 5.73. The highest BCUT2D eigenvalue weighted by Crippen LogP contribution is 2.43. The minimum Gasteiger partial charge on any atom is -0.492 e. The SMILES string of the molecule is O=CNc1nc(/C(=N/OC2CC2)C(=O)N[C@@H]2C(=O)N3C(C(=O)O)=C(CSc4snc(O)c4C(=O)O)CS[C@H]23)cs1. The fourth-order valence-corrected chi connectivity index (χ4v) is 7.74. The first-order valence-corrected chi connectivity index (χ1v) is 15.0. The average molecular weight is 627 g/mol. The number of oxime groups is 1. The van der Waals surface area contributed by atoms with E-state index in [1.54, 1.807) is 0 Å². The number of anilines is 1. The molecule has 1 aliphatic carbocycles. The zero-order chi connectivity index (χ0) is 28.6. The normalized spacial score (nSPS) is 20.4. The number of hydrogen-bond acceptors (Lipinski definition) is 14. The molecular formula is C21H18N6O9S4. The molecule has 0 aromatic carbocycles. The number of nitrogens with zero attached hydrogens (tertiary/aromatic N) is 4. The maximum absolute atomic E-state index is 13.2. The Hall–Kier alpha value is -3.68. The summed E-state index contributed by atoms with van der Waals surface area (Å²) in [5.74, 6) is -4.49. The number of fused-ring (bicyclic) bond motifs is 1. The molecule has 3 amide bonds. The molecule has 210 valence electrons. The van der Waals surface area contributed by atoms with Crippen molar-refractivity contribution in [3.63, 3.8) is 0 Å². The lowest BCUT2D eigenvalue weighted by Gasteiger charge is -2.49.